The number of nitrogens with zero attached hydrogens (tertiary/aromatic N) is 7. The largest absolute Gasteiger partial charge is 0.573 e. The van der Waals surface area contributed by atoms with Gasteiger partial charge in [-0.25, -0.2) is 24.9 Å². The number of aliphatic imine (C=N–C) groups is 2. The van der Waals surface area contributed by atoms with Crippen LogP contribution in [0.5, 0.6) is 11.5 Å². The zero-order chi connectivity index (χ0) is 46.0. The standard InChI is InChI=1S/C21H16F3N5O2.C19H11F3N2O3.C2H7N3.ClH/c1-29-18(30)20(28-19(29)25,14-6-8-16(9-7-14)31-21(22,23)24)15-5-2-4-13(12-15)17-26-10-3-11-27-17;20-19(21,22)27-15-7-5-12(6-8-15)16(25)17(26)13-3-1-4-14(11-13)18-23-9-2-10-24-18;1-5-2(3)4;/h2-12H,1H3,(H2,25,28);1-11H;1H3,(H4,3,4,5);1H. The van der Waals surface area contributed by atoms with Crippen LogP contribution in [0.25, 0.3) is 22.8 Å². The van der Waals surface area contributed by atoms with Crippen LogP contribution in [0.1, 0.15) is 31.8 Å². The predicted molar refractivity (Wildman–Crippen MR) is 224 cm³/mol. The number of benzene rings is 4. The molecule has 1 atom stereocenters. The number of alkyl halides is 6. The topological polar surface area (TPSA) is 227 Å². The minimum atomic E-state index is -4.83. The van der Waals surface area contributed by atoms with Gasteiger partial charge in [0.05, 0.1) is 0 Å². The van der Waals surface area contributed by atoms with Gasteiger partial charge in [-0.15, -0.1) is 38.7 Å². The highest BCUT2D eigenvalue weighted by Crippen LogP contribution is 2.41. The van der Waals surface area contributed by atoms with Crippen molar-refractivity contribution >= 4 is 41.8 Å². The molecule has 64 heavy (non-hydrogen) atoms. The van der Waals surface area contributed by atoms with Crippen molar-refractivity contribution in [3.63, 3.8) is 0 Å². The number of carbonyl (C=O) groups excluding carboxylic acids is 3. The molecule has 0 radical (unpaired) electrons. The molecule has 1 amide bonds. The minimum absolute atomic E-state index is 0. The molecule has 1 unspecified atom stereocenters. The van der Waals surface area contributed by atoms with Gasteiger partial charge in [-0.1, -0.05) is 48.5 Å². The molecule has 1 aliphatic heterocycles. The van der Waals surface area contributed by atoms with Crippen molar-refractivity contribution in [1.82, 2.24) is 24.8 Å². The third kappa shape index (κ3) is 12.3. The van der Waals surface area contributed by atoms with Gasteiger partial charge in [0, 0.05) is 61.1 Å². The second-order valence-corrected chi connectivity index (χ2v) is 12.8. The Labute approximate surface area is 366 Å². The maximum atomic E-state index is 13.3. The number of halogens is 7. The van der Waals surface area contributed by atoms with Crippen molar-refractivity contribution in [2.75, 3.05) is 14.1 Å². The molecule has 1 aliphatic rings. The van der Waals surface area contributed by atoms with E-state index in [2.05, 4.69) is 39.4 Å². The Morgan fingerprint density at radius 3 is 1.52 bits per heavy atom. The van der Waals surface area contributed by atoms with Gasteiger partial charge in [-0.2, -0.15) is 0 Å². The summed E-state index contributed by atoms with van der Waals surface area (Å²) in [6.45, 7) is 0. The molecule has 2 aromatic heterocycles. The van der Waals surface area contributed by atoms with E-state index in [4.69, 9.17) is 17.2 Å². The maximum Gasteiger partial charge on any atom is 0.573 e. The maximum absolute atomic E-state index is 13.3. The summed E-state index contributed by atoms with van der Waals surface area (Å²) in [5.74, 6) is -2.01. The fourth-order valence-corrected chi connectivity index (χ4v) is 5.73. The first-order valence-corrected chi connectivity index (χ1v) is 18.0. The Kier molecular flexibility index (Phi) is 15.8. The van der Waals surface area contributed by atoms with Crippen LogP contribution in [0.2, 0.25) is 0 Å². The number of aromatic nitrogens is 4. The highest BCUT2D eigenvalue weighted by molar-refractivity contribution is 6.49. The Balaban J connectivity index is 0.000000252. The molecule has 0 fully saturated rings. The first-order chi connectivity index (χ1) is 29.8. The van der Waals surface area contributed by atoms with Crippen molar-refractivity contribution in [3.8, 4) is 34.3 Å². The van der Waals surface area contributed by atoms with Crippen molar-refractivity contribution in [2.24, 2.45) is 27.2 Å². The third-order valence-electron chi connectivity index (χ3n) is 8.61. The summed E-state index contributed by atoms with van der Waals surface area (Å²) in [6.07, 6.45) is -3.38. The van der Waals surface area contributed by atoms with Gasteiger partial charge in [-0.05, 0) is 71.8 Å². The Bertz CT molecular complexity index is 2620. The van der Waals surface area contributed by atoms with Gasteiger partial charge in [-0.3, -0.25) is 24.3 Å². The quantitative estimate of drug-likeness (QED) is 0.0465. The number of hydrogen-bond acceptors (Lipinski definition) is 12. The Hall–Kier alpha value is -7.94. The molecule has 6 aromatic rings. The van der Waals surface area contributed by atoms with E-state index in [1.54, 1.807) is 73.3 Å². The number of likely N-dealkylation sites (N-methyl/N-ethyl adjacent to an activating group) is 1. The van der Waals surface area contributed by atoms with E-state index in [-0.39, 0.29) is 35.5 Å². The lowest BCUT2D eigenvalue weighted by atomic mass is 9.82. The van der Waals surface area contributed by atoms with Crippen molar-refractivity contribution in [2.45, 2.75) is 18.3 Å². The van der Waals surface area contributed by atoms with Crippen molar-refractivity contribution in [3.05, 3.63) is 156 Å². The zero-order valence-electron chi connectivity index (χ0n) is 33.3. The monoisotopic (exact) mass is 908 g/mol. The van der Waals surface area contributed by atoms with Crippen molar-refractivity contribution < 1.29 is 50.2 Å². The van der Waals surface area contributed by atoms with Crippen LogP contribution >= 0.6 is 12.4 Å². The fourth-order valence-electron chi connectivity index (χ4n) is 5.73. The highest BCUT2D eigenvalue weighted by Gasteiger charge is 2.49. The number of carbonyl (C=O) groups is 3. The van der Waals surface area contributed by atoms with Crippen molar-refractivity contribution in [1.29, 1.82) is 0 Å². The normalized spacial score (nSPS) is 14.3. The van der Waals surface area contributed by atoms with Crippen LogP contribution < -0.4 is 26.7 Å². The number of Topliss-reactive ketones (excluding diaryl/α,β-unsaturated/α-hetero) is 2. The molecule has 6 N–H and O–H groups in total. The van der Waals surface area contributed by atoms with E-state index in [0.29, 0.717) is 33.9 Å². The van der Waals surface area contributed by atoms with E-state index in [9.17, 15) is 40.7 Å². The van der Waals surface area contributed by atoms with Crippen LogP contribution in [0.4, 0.5) is 26.3 Å². The SMILES string of the molecule is CN1C(=O)C(c2ccc(OC(F)(F)F)cc2)(c2cccc(-c3ncccn3)c2)N=C1N.CN=C(N)N.Cl.O=C(C(=O)c1cccc(-c2ncccn2)c1)c1ccc(OC(F)(F)F)cc1. The Morgan fingerprint density at radius 1 is 0.641 bits per heavy atom. The summed E-state index contributed by atoms with van der Waals surface area (Å²) >= 11 is 0. The van der Waals surface area contributed by atoms with Gasteiger partial charge in [0.2, 0.25) is 11.6 Å². The number of guanidine groups is 2. The molecule has 0 bridgehead atoms. The lowest BCUT2D eigenvalue weighted by Crippen LogP contribution is -2.41. The third-order valence-corrected chi connectivity index (χ3v) is 8.61. The Morgan fingerprint density at radius 2 is 1.08 bits per heavy atom. The van der Waals surface area contributed by atoms with E-state index < -0.39 is 47.2 Å². The van der Waals surface area contributed by atoms with Crippen LogP contribution in [0.15, 0.2) is 144 Å². The van der Waals surface area contributed by atoms with Gasteiger partial charge < -0.3 is 26.7 Å². The molecule has 0 spiro atoms. The summed E-state index contributed by atoms with van der Waals surface area (Å²) < 4.78 is 81.8. The first kappa shape index (κ1) is 48.7. The van der Waals surface area contributed by atoms with Crippen LogP contribution in [-0.4, -0.2) is 81.0 Å². The molecule has 0 saturated carbocycles. The number of ether oxygens (including phenoxy) is 2. The van der Waals surface area contributed by atoms with E-state index in [0.717, 1.165) is 36.4 Å². The average Bonchev–Trinajstić information content (AvgIpc) is 3.50. The van der Waals surface area contributed by atoms with Crippen LogP contribution in [0.3, 0.4) is 0 Å². The summed E-state index contributed by atoms with van der Waals surface area (Å²) in [5, 5.41) is 0. The second-order valence-electron chi connectivity index (χ2n) is 12.8. The van der Waals surface area contributed by atoms with Gasteiger partial charge >= 0.3 is 12.7 Å². The summed E-state index contributed by atoms with van der Waals surface area (Å²) in [7, 11) is 3.02. The number of nitrogens with two attached hydrogens (primary N) is 3. The molecule has 4 aromatic carbocycles. The lowest BCUT2D eigenvalue weighted by molar-refractivity contribution is -0.275. The number of rotatable bonds is 9. The fraction of sp³-hybridized carbons (Fsp3) is 0.119. The van der Waals surface area contributed by atoms with Crippen LogP contribution in [0, 0.1) is 0 Å². The zero-order valence-corrected chi connectivity index (χ0v) is 34.1. The van der Waals surface area contributed by atoms with E-state index in [1.165, 1.54) is 43.3 Å². The molecule has 0 saturated heterocycles. The average molecular weight is 909 g/mol. The summed E-state index contributed by atoms with van der Waals surface area (Å²) in [6, 6.07) is 25.6. The molecule has 0 aliphatic carbocycles. The number of ketones is 2. The van der Waals surface area contributed by atoms with Crippen LogP contribution in [-0.2, 0) is 10.3 Å². The molecular formula is C42H35ClF6N10O5. The lowest BCUT2D eigenvalue weighted by Gasteiger charge is -2.26. The predicted octanol–water partition coefficient (Wildman–Crippen LogP) is 6.49. The van der Waals surface area contributed by atoms with Gasteiger partial charge in [0.1, 0.15) is 11.5 Å². The molecule has 7 rings (SSSR count). The first-order valence-electron chi connectivity index (χ1n) is 18.0. The highest BCUT2D eigenvalue weighted by atomic mass is 35.5. The molecule has 332 valence electrons. The molecule has 15 nitrogen and oxygen atoms in total. The molecular weight excluding hydrogens is 874 g/mol. The smallest absolute Gasteiger partial charge is 0.406 e. The van der Waals surface area contributed by atoms with Gasteiger partial charge in [0.15, 0.2) is 29.1 Å². The second kappa shape index (κ2) is 20.8. The van der Waals surface area contributed by atoms with E-state index >= 15 is 0 Å². The minimum Gasteiger partial charge on any atom is -0.406 e. The molecule has 3 heterocycles. The summed E-state index contributed by atoms with van der Waals surface area (Å²) in [4.78, 5) is 63.7. The summed E-state index contributed by atoms with van der Waals surface area (Å²) in [5.41, 5.74) is 16.1. The number of hydrogen-bond donors (Lipinski definition) is 3. The van der Waals surface area contributed by atoms with Gasteiger partial charge in [0.25, 0.3) is 5.91 Å². The number of amides is 1. The molecule has 22 heteroatoms. The van der Waals surface area contributed by atoms with E-state index in [1.807, 2.05) is 0 Å².